The van der Waals surface area contributed by atoms with Crippen molar-refractivity contribution in [3.05, 3.63) is 59.2 Å². The van der Waals surface area contributed by atoms with Gasteiger partial charge in [-0.15, -0.1) is 0 Å². The first-order chi connectivity index (χ1) is 11.8. The van der Waals surface area contributed by atoms with Crippen LogP contribution in [0.15, 0.2) is 53.0 Å². The maximum atomic E-state index is 5.95. The Morgan fingerprint density at radius 2 is 1.92 bits per heavy atom. The number of ether oxygens (including phenoxy) is 3. The molecule has 0 radical (unpaired) electrons. The number of hydrogen-bond donors (Lipinski definition) is 1. The quantitative estimate of drug-likeness (QED) is 0.811. The van der Waals surface area contributed by atoms with Crippen molar-refractivity contribution in [1.82, 2.24) is 5.32 Å². The minimum absolute atomic E-state index is 0.247. The van der Waals surface area contributed by atoms with Gasteiger partial charge in [-0.25, -0.2) is 4.99 Å². The molecule has 1 atom stereocenters. The van der Waals surface area contributed by atoms with E-state index in [0.29, 0.717) is 10.9 Å². The molecule has 118 valence electrons. The fourth-order valence-electron chi connectivity index (χ4n) is 2.92. The van der Waals surface area contributed by atoms with Crippen LogP contribution in [-0.4, -0.2) is 17.7 Å². The standard InChI is InChI=1S/C18H12N2O3S/c24-18-12-7-10-3-1-2-4-13(10)23-17(12)19-16(20-18)11-5-6-14-15(8-11)22-9-21-14/h1-8,16H,9H2,(H,20,24). The van der Waals surface area contributed by atoms with Crippen molar-refractivity contribution < 1.29 is 14.2 Å². The summed E-state index contributed by atoms with van der Waals surface area (Å²) in [7, 11) is 0. The molecule has 0 aromatic heterocycles. The minimum Gasteiger partial charge on any atom is -0.454 e. The van der Waals surface area contributed by atoms with Crippen LogP contribution in [0.1, 0.15) is 17.3 Å². The van der Waals surface area contributed by atoms with Gasteiger partial charge in [-0.05, 0) is 24.3 Å². The lowest BCUT2D eigenvalue weighted by atomic mass is 10.0. The molecule has 3 aliphatic rings. The van der Waals surface area contributed by atoms with E-state index in [9.17, 15) is 0 Å². The molecular formula is C18H12N2O3S. The summed E-state index contributed by atoms with van der Waals surface area (Å²) in [5.74, 6) is 2.79. The first-order valence-electron chi connectivity index (χ1n) is 7.55. The van der Waals surface area contributed by atoms with Crippen molar-refractivity contribution in [3.63, 3.8) is 0 Å². The summed E-state index contributed by atoms with van der Waals surface area (Å²) >= 11 is 5.51. The third-order valence-corrected chi connectivity index (χ3v) is 4.46. The Bertz CT molecular complexity index is 936. The van der Waals surface area contributed by atoms with Crippen LogP contribution >= 0.6 is 12.2 Å². The average Bonchev–Trinajstić information content (AvgIpc) is 3.08. The zero-order chi connectivity index (χ0) is 16.1. The van der Waals surface area contributed by atoms with E-state index in [1.807, 2.05) is 48.5 Å². The van der Waals surface area contributed by atoms with E-state index in [2.05, 4.69) is 10.3 Å². The van der Waals surface area contributed by atoms with Crippen LogP contribution in [0.5, 0.6) is 17.2 Å². The van der Waals surface area contributed by atoms with Crippen molar-refractivity contribution in [1.29, 1.82) is 0 Å². The largest absolute Gasteiger partial charge is 0.454 e. The first-order valence-corrected chi connectivity index (χ1v) is 7.96. The predicted octanol–water partition coefficient (Wildman–Crippen LogP) is 3.22. The van der Waals surface area contributed by atoms with E-state index in [0.717, 1.165) is 33.9 Å². The summed E-state index contributed by atoms with van der Waals surface area (Å²) in [6.07, 6.45) is 1.69. The molecule has 5 nitrogen and oxygen atoms in total. The molecule has 1 unspecified atom stereocenters. The molecule has 2 aromatic rings. The second-order valence-corrected chi connectivity index (χ2v) is 6.03. The van der Waals surface area contributed by atoms with Gasteiger partial charge in [0, 0.05) is 11.1 Å². The minimum atomic E-state index is -0.315. The van der Waals surface area contributed by atoms with Crippen LogP contribution in [0.4, 0.5) is 0 Å². The highest BCUT2D eigenvalue weighted by Gasteiger charge is 2.29. The van der Waals surface area contributed by atoms with Crippen molar-refractivity contribution in [2.24, 2.45) is 4.99 Å². The zero-order valence-electron chi connectivity index (χ0n) is 12.5. The molecule has 3 heterocycles. The SMILES string of the molecule is S=C1NC(c2ccc3c(c2)OCO3)N=C2Oc3ccccc3C=C12. The summed E-state index contributed by atoms with van der Waals surface area (Å²) in [6.45, 7) is 0.247. The van der Waals surface area contributed by atoms with E-state index in [1.165, 1.54) is 0 Å². The van der Waals surface area contributed by atoms with Crippen LogP contribution in [0.2, 0.25) is 0 Å². The number of thiocarbonyl (C=S) groups is 1. The summed E-state index contributed by atoms with van der Waals surface area (Å²) in [6, 6.07) is 13.6. The van der Waals surface area contributed by atoms with E-state index < -0.39 is 0 Å². The Labute approximate surface area is 143 Å². The lowest BCUT2D eigenvalue weighted by Crippen LogP contribution is -2.38. The Morgan fingerprint density at radius 3 is 2.88 bits per heavy atom. The van der Waals surface area contributed by atoms with E-state index in [4.69, 9.17) is 26.4 Å². The van der Waals surface area contributed by atoms with E-state index in [-0.39, 0.29) is 13.0 Å². The highest BCUT2D eigenvalue weighted by Crippen LogP contribution is 2.36. The molecule has 24 heavy (non-hydrogen) atoms. The van der Waals surface area contributed by atoms with Gasteiger partial charge in [-0.2, -0.15) is 0 Å². The molecule has 0 saturated heterocycles. The Morgan fingerprint density at radius 1 is 1.04 bits per heavy atom. The second kappa shape index (κ2) is 5.07. The number of rotatable bonds is 1. The van der Waals surface area contributed by atoms with Crippen LogP contribution in [0.3, 0.4) is 0 Å². The third kappa shape index (κ3) is 2.07. The molecule has 0 saturated carbocycles. The van der Waals surface area contributed by atoms with Gasteiger partial charge in [-0.1, -0.05) is 36.5 Å². The second-order valence-electron chi connectivity index (χ2n) is 5.62. The fraction of sp³-hybridized carbons (Fsp3) is 0.111. The normalized spacial score (nSPS) is 20.2. The molecule has 6 heteroatoms. The summed E-state index contributed by atoms with van der Waals surface area (Å²) in [5, 5.41) is 3.25. The van der Waals surface area contributed by atoms with Gasteiger partial charge in [0.2, 0.25) is 12.7 Å². The first kappa shape index (κ1) is 13.6. The topological polar surface area (TPSA) is 52.1 Å². The number of hydrogen-bond acceptors (Lipinski definition) is 5. The van der Waals surface area contributed by atoms with Gasteiger partial charge in [0.05, 0.1) is 5.57 Å². The maximum Gasteiger partial charge on any atom is 0.231 e. The fourth-order valence-corrected chi connectivity index (χ4v) is 3.18. The molecule has 0 amide bonds. The van der Waals surface area contributed by atoms with Crippen LogP contribution in [-0.2, 0) is 0 Å². The summed E-state index contributed by atoms with van der Waals surface area (Å²) in [4.78, 5) is 5.30. The van der Waals surface area contributed by atoms with Crippen LogP contribution < -0.4 is 19.5 Å². The van der Waals surface area contributed by atoms with Gasteiger partial charge in [-0.3, -0.25) is 0 Å². The molecule has 2 aromatic carbocycles. The smallest absolute Gasteiger partial charge is 0.231 e. The summed E-state index contributed by atoms with van der Waals surface area (Å²) in [5.41, 5.74) is 2.74. The average molecular weight is 336 g/mol. The van der Waals surface area contributed by atoms with Crippen molar-refractivity contribution in [2.45, 2.75) is 6.17 Å². The summed E-state index contributed by atoms with van der Waals surface area (Å²) < 4.78 is 16.7. The number of fused-ring (bicyclic) bond motifs is 3. The van der Waals surface area contributed by atoms with Gasteiger partial charge in [0.1, 0.15) is 16.9 Å². The van der Waals surface area contributed by atoms with Gasteiger partial charge in [0.15, 0.2) is 11.5 Å². The van der Waals surface area contributed by atoms with Gasteiger partial charge in [0.25, 0.3) is 0 Å². The Kier molecular flexibility index (Phi) is 2.87. The number of para-hydroxylation sites is 1. The Balaban J connectivity index is 1.55. The molecule has 5 rings (SSSR count). The van der Waals surface area contributed by atoms with Gasteiger partial charge < -0.3 is 19.5 Å². The maximum absolute atomic E-state index is 5.95. The number of nitrogens with zero attached hydrogens (tertiary/aromatic N) is 1. The van der Waals surface area contributed by atoms with Crippen LogP contribution in [0, 0.1) is 0 Å². The van der Waals surface area contributed by atoms with E-state index in [1.54, 1.807) is 0 Å². The van der Waals surface area contributed by atoms with Crippen molar-refractivity contribution in [2.75, 3.05) is 6.79 Å². The molecule has 3 aliphatic heterocycles. The highest BCUT2D eigenvalue weighted by molar-refractivity contribution is 7.80. The third-order valence-electron chi connectivity index (χ3n) is 4.13. The number of aliphatic imine (C=N–C) groups is 1. The number of benzene rings is 2. The lowest BCUT2D eigenvalue weighted by molar-refractivity contribution is 0.174. The monoisotopic (exact) mass is 336 g/mol. The predicted molar refractivity (Wildman–Crippen MR) is 93.5 cm³/mol. The van der Waals surface area contributed by atoms with Crippen molar-refractivity contribution in [3.8, 4) is 17.2 Å². The molecule has 0 bridgehead atoms. The Hall–Kier alpha value is -2.86. The molecular weight excluding hydrogens is 324 g/mol. The molecule has 0 fully saturated rings. The van der Waals surface area contributed by atoms with Gasteiger partial charge >= 0.3 is 0 Å². The molecule has 0 spiro atoms. The van der Waals surface area contributed by atoms with E-state index >= 15 is 0 Å². The number of nitrogens with one attached hydrogen (secondary N) is 1. The highest BCUT2D eigenvalue weighted by atomic mass is 32.1. The molecule has 1 N–H and O–H groups in total. The van der Waals surface area contributed by atoms with Crippen LogP contribution in [0.25, 0.3) is 6.08 Å². The molecule has 0 aliphatic carbocycles. The zero-order valence-corrected chi connectivity index (χ0v) is 13.3. The lowest BCUT2D eigenvalue weighted by Gasteiger charge is -2.28. The van der Waals surface area contributed by atoms with Crippen molar-refractivity contribution >= 4 is 29.2 Å².